The minimum atomic E-state index is -4.66. The second-order valence-corrected chi connectivity index (χ2v) is 6.23. The van der Waals surface area contributed by atoms with Gasteiger partial charge in [0.25, 0.3) is 0 Å². The Balaban J connectivity index is 1.73. The lowest BCUT2D eigenvalue weighted by Gasteiger charge is -2.27. The molecule has 1 aromatic carbocycles. The van der Waals surface area contributed by atoms with Crippen molar-refractivity contribution in [3.8, 4) is 5.75 Å². The molecule has 1 saturated carbocycles. The summed E-state index contributed by atoms with van der Waals surface area (Å²) in [5, 5.41) is 11.0. The van der Waals surface area contributed by atoms with Crippen LogP contribution in [0.15, 0.2) is 24.3 Å². The number of carbonyl (C=O) groups is 2. The maximum absolute atomic E-state index is 12.4. The number of rotatable bonds is 4. The van der Waals surface area contributed by atoms with Crippen LogP contribution in [0.2, 0.25) is 0 Å². The number of fused-ring (bicyclic) bond motifs is 2. The van der Waals surface area contributed by atoms with Crippen molar-refractivity contribution >= 4 is 11.9 Å². The molecule has 1 aliphatic carbocycles. The fourth-order valence-corrected chi connectivity index (χ4v) is 3.41. The van der Waals surface area contributed by atoms with Crippen molar-refractivity contribution in [3.05, 3.63) is 29.8 Å². The van der Waals surface area contributed by atoms with E-state index in [1.54, 1.807) is 12.1 Å². The molecule has 0 aromatic heterocycles. The quantitative estimate of drug-likeness (QED) is 0.879. The third-order valence-corrected chi connectivity index (χ3v) is 4.67. The van der Waals surface area contributed by atoms with E-state index in [1.807, 2.05) is 17.4 Å². The van der Waals surface area contributed by atoms with Crippen molar-refractivity contribution in [1.29, 1.82) is 0 Å². The number of para-hydroxylation sites is 1. The van der Waals surface area contributed by atoms with Crippen LogP contribution in [0.5, 0.6) is 5.75 Å². The first-order chi connectivity index (χ1) is 11.2. The molecule has 2 aliphatic rings. The number of ether oxygens (including phenoxy) is 1. The topological polar surface area (TPSA) is 75.6 Å². The molecular weight excluding hydrogens is 327 g/mol. The number of carboxylic acids is 1. The zero-order valence-electron chi connectivity index (χ0n) is 12.6. The summed E-state index contributed by atoms with van der Waals surface area (Å²) in [7, 11) is 0. The van der Waals surface area contributed by atoms with E-state index < -0.39 is 41.8 Å². The fourth-order valence-electron chi connectivity index (χ4n) is 3.41. The summed E-state index contributed by atoms with van der Waals surface area (Å²) in [5.41, 5.74) is 0.402. The van der Waals surface area contributed by atoms with Gasteiger partial charge in [-0.25, -0.2) is 4.79 Å². The van der Waals surface area contributed by atoms with E-state index in [4.69, 9.17) is 9.84 Å². The Bertz CT molecular complexity index is 676. The highest BCUT2D eigenvalue weighted by molar-refractivity contribution is 5.88. The molecule has 0 saturated heterocycles. The lowest BCUT2D eigenvalue weighted by atomic mass is 9.87. The molecule has 130 valence electrons. The molecule has 3 atom stereocenters. The number of hydrogen-bond donors (Lipinski definition) is 2. The maximum atomic E-state index is 12.4. The van der Waals surface area contributed by atoms with Gasteiger partial charge in [0.15, 0.2) is 0 Å². The number of hydrogen-bond acceptors (Lipinski definition) is 3. The van der Waals surface area contributed by atoms with Crippen molar-refractivity contribution < 1.29 is 32.6 Å². The van der Waals surface area contributed by atoms with E-state index in [0.717, 1.165) is 5.56 Å². The minimum absolute atomic E-state index is 0.422. The van der Waals surface area contributed by atoms with Crippen LogP contribution in [0, 0.1) is 5.92 Å². The second kappa shape index (κ2) is 5.68. The molecule has 1 aromatic rings. The van der Waals surface area contributed by atoms with Crippen LogP contribution in [-0.4, -0.2) is 35.8 Å². The summed E-state index contributed by atoms with van der Waals surface area (Å²) in [6.07, 6.45) is -5.19. The monoisotopic (exact) mass is 343 g/mol. The molecule has 1 aliphatic heterocycles. The van der Waals surface area contributed by atoms with Crippen molar-refractivity contribution in [2.45, 2.75) is 36.9 Å². The summed E-state index contributed by atoms with van der Waals surface area (Å²) >= 11 is 0. The predicted molar refractivity (Wildman–Crippen MR) is 76.6 cm³/mol. The lowest BCUT2D eigenvalue weighted by Crippen LogP contribution is -2.45. The number of amides is 1. The first-order valence-corrected chi connectivity index (χ1v) is 7.55. The minimum Gasteiger partial charge on any atom is -0.493 e. The van der Waals surface area contributed by atoms with E-state index in [1.165, 1.54) is 0 Å². The number of benzene rings is 1. The van der Waals surface area contributed by atoms with E-state index in [9.17, 15) is 22.8 Å². The summed E-state index contributed by atoms with van der Waals surface area (Å²) in [6, 6.07) is 5.27. The molecular formula is C16H16F3NO4. The molecule has 24 heavy (non-hydrogen) atoms. The van der Waals surface area contributed by atoms with Gasteiger partial charge in [-0.1, -0.05) is 18.2 Å². The molecule has 5 nitrogen and oxygen atoms in total. The van der Waals surface area contributed by atoms with Crippen LogP contribution in [-0.2, 0) is 15.0 Å². The molecule has 2 N–H and O–H groups in total. The van der Waals surface area contributed by atoms with Crippen LogP contribution < -0.4 is 10.1 Å². The Morgan fingerprint density at radius 2 is 2.08 bits per heavy atom. The molecule has 1 fully saturated rings. The summed E-state index contributed by atoms with van der Waals surface area (Å²) in [5.74, 6) is -2.20. The van der Waals surface area contributed by atoms with Gasteiger partial charge < -0.3 is 15.2 Å². The highest BCUT2D eigenvalue weighted by Gasteiger charge is 2.61. The zero-order valence-corrected chi connectivity index (χ0v) is 12.6. The highest BCUT2D eigenvalue weighted by atomic mass is 19.4. The van der Waals surface area contributed by atoms with Gasteiger partial charge in [-0.15, -0.1) is 0 Å². The van der Waals surface area contributed by atoms with Gasteiger partial charge in [-0.3, -0.25) is 4.79 Å². The molecule has 0 radical (unpaired) electrons. The van der Waals surface area contributed by atoms with Gasteiger partial charge in [0.05, 0.1) is 13.0 Å². The summed E-state index contributed by atoms with van der Waals surface area (Å²) in [4.78, 5) is 23.3. The predicted octanol–water partition coefficient (Wildman–Crippen LogP) is 2.25. The largest absolute Gasteiger partial charge is 0.493 e. The van der Waals surface area contributed by atoms with Crippen LogP contribution >= 0.6 is 0 Å². The maximum Gasteiger partial charge on any atom is 0.391 e. The standard InChI is InChI=1S/C16H16F3NO4/c17-16(18,19)8-11(14(22)23)20-13(21)10-7-15(10)5-6-24-12-4-2-1-3-9(12)15/h1-4,10-11H,5-8H2,(H,20,21)(H,22,23)/t10-,11+,15-/m0/s1. The van der Waals surface area contributed by atoms with Crippen molar-refractivity contribution in [2.24, 2.45) is 5.92 Å². The van der Waals surface area contributed by atoms with Gasteiger partial charge in [0.2, 0.25) is 5.91 Å². The molecule has 0 unspecified atom stereocenters. The van der Waals surface area contributed by atoms with Gasteiger partial charge in [0, 0.05) is 16.9 Å². The SMILES string of the molecule is O=C(O)[C@@H](CC(F)(F)F)NC(=O)[C@@H]1C[C@]12CCOc1ccccc12. The van der Waals surface area contributed by atoms with Crippen LogP contribution in [0.25, 0.3) is 0 Å². The van der Waals surface area contributed by atoms with E-state index in [-0.39, 0.29) is 0 Å². The van der Waals surface area contributed by atoms with Gasteiger partial charge in [0.1, 0.15) is 11.8 Å². The number of nitrogens with one attached hydrogen (secondary N) is 1. The van der Waals surface area contributed by atoms with Crippen molar-refractivity contribution in [1.82, 2.24) is 5.32 Å². The van der Waals surface area contributed by atoms with E-state index in [0.29, 0.717) is 25.2 Å². The normalized spacial score (nSPS) is 26.2. The number of carboxylic acid groups (broad SMARTS) is 1. The number of aliphatic carboxylic acids is 1. The average molecular weight is 343 g/mol. The number of carbonyl (C=O) groups excluding carboxylic acids is 1. The summed E-state index contributed by atoms with van der Waals surface area (Å²) in [6.45, 7) is 0.422. The fraction of sp³-hybridized carbons (Fsp3) is 0.500. The summed E-state index contributed by atoms with van der Waals surface area (Å²) < 4.78 is 42.9. The molecule has 1 spiro atoms. The van der Waals surface area contributed by atoms with Crippen LogP contribution in [0.1, 0.15) is 24.8 Å². The average Bonchev–Trinajstić information content (AvgIpc) is 3.21. The van der Waals surface area contributed by atoms with Gasteiger partial charge in [-0.2, -0.15) is 13.2 Å². The van der Waals surface area contributed by atoms with Crippen molar-refractivity contribution in [2.75, 3.05) is 6.61 Å². The Kier molecular flexibility index (Phi) is 3.93. The molecule has 8 heteroatoms. The third-order valence-electron chi connectivity index (χ3n) is 4.67. The van der Waals surface area contributed by atoms with Crippen LogP contribution in [0.4, 0.5) is 13.2 Å². The zero-order chi connectivity index (χ0) is 17.5. The Hall–Kier alpha value is -2.25. The second-order valence-electron chi connectivity index (χ2n) is 6.23. The Morgan fingerprint density at radius 1 is 1.38 bits per heavy atom. The smallest absolute Gasteiger partial charge is 0.391 e. The lowest BCUT2D eigenvalue weighted by molar-refractivity contribution is -0.160. The highest BCUT2D eigenvalue weighted by Crippen LogP contribution is 2.60. The van der Waals surface area contributed by atoms with Crippen molar-refractivity contribution in [3.63, 3.8) is 0 Å². The van der Waals surface area contributed by atoms with Gasteiger partial charge >= 0.3 is 12.1 Å². The first kappa shape index (κ1) is 16.6. The van der Waals surface area contributed by atoms with Crippen LogP contribution in [0.3, 0.4) is 0 Å². The molecule has 0 bridgehead atoms. The third kappa shape index (κ3) is 3.05. The van der Waals surface area contributed by atoms with E-state index in [2.05, 4.69) is 0 Å². The molecule has 3 rings (SSSR count). The Morgan fingerprint density at radius 3 is 2.75 bits per heavy atom. The van der Waals surface area contributed by atoms with Gasteiger partial charge in [-0.05, 0) is 18.9 Å². The Labute approximate surface area is 135 Å². The number of halogens is 3. The van der Waals surface area contributed by atoms with E-state index >= 15 is 0 Å². The molecule has 1 heterocycles. The molecule has 1 amide bonds. The first-order valence-electron chi connectivity index (χ1n) is 7.55. The number of alkyl halides is 3.